The zero-order valence-corrected chi connectivity index (χ0v) is 13.2. The Bertz CT molecular complexity index is 490. The van der Waals surface area contributed by atoms with E-state index in [1.54, 1.807) is 18.2 Å². The van der Waals surface area contributed by atoms with Crippen molar-refractivity contribution in [3.05, 3.63) is 33.8 Å². The topological polar surface area (TPSA) is 12.0 Å². The van der Waals surface area contributed by atoms with Gasteiger partial charge in [0.2, 0.25) is 0 Å². The van der Waals surface area contributed by atoms with Gasteiger partial charge in [-0.15, -0.1) is 0 Å². The molecule has 0 aromatic heterocycles. The fourth-order valence-electron chi connectivity index (χ4n) is 2.99. The van der Waals surface area contributed by atoms with E-state index in [2.05, 4.69) is 5.32 Å². The Hall–Kier alpha value is -0.450. The summed E-state index contributed by atoms with van der Waals surface area (Å²) >= 11 is 12.0. The van der Waals surface area contributed by atoms with Crippen LogP contribution in [-0.2, 0) is 0 Å². The third-order valence-corrected chi connectivity index (χ3v) is 4.64. The molecule has 0 saturated heterocycles. The summed E-state index contributed by atoms with van der Waals surface area (Å²) in [6.07, 6.45) is -1.95. The first-order chi connectivity index (χ1) is 9.79. The van der Waals surface area contributed by atoms with Crippen LogP contribution in [0.1, 0.15) is 44.2 Å². The van der Waals surface area contributed by atoms with E-state index in [1.165, 1.54) is 0 Å². The highest BCUT2D eigenvalue weighted by Crippen LogP contribution is 2.39. The molecule has 0 spiro atoms. The zero-order chi connectivity index (χ0) is 15.6. The average molecular weight is 340 g/mol. The Morgan fingerprint density at radius 1 is 1.19 bits per heavy atom. The minimum Gasteiger partial charge on any atom is -0.307 e. The summed E-state index contributed by atoms with van der Waals surface area (Å²) in [5.74, 6) is -1.28. The van der Waals surface area contributed by atoms with Crippen LogP contribution in [0.15, 0.2) is 18.2 Å². The van der Waals surface area contributed by atoms with E-state index in [-0.39, 0.29) is 12.5 Å². The molecule has 1 aromatic rings. The van der Waals surface area contributed by atoms with Gasteiger partial charge in [0.15, 0.2) is 0 Å². The predicted molar refractivity (Wildman–Crippen MR) is 79.8 cm³/mol. The van der Waals surface area contributed by atoms with Crippen LogP contribution in [0.4, 0.5) is 13.2 Å². The smallest absolute Gasteiger partial charge is 0.307 e. The molecule has 21 heavy (non-hydrogen) atoms. The normalized spacial score (nSPS) is 24.9. The molecule has 1 aliphatic rings. The number of rotatable bonds is 3. The van der Waals surface area contributed by atoms with E-state index >= 15 is 0 Å². The van der Waals surface area contributed by atoms with Gasteiger partial charge in [0, 0.05) is 22.1 Å². The van der Waals surface area contributed by atoms with Gasteiger partial charge in [0.25, 0.3) is 0 Å². The van der Waals surface area contributed by atoms with Crippen LogP contribution in [0.2, 0.25) is 10.0 Å². The molecule has 1 saturated carbocycles. The van der Waals surface area contributed by atoms with Crippen molar-refractivity contribution in [2.24, 2.45) is 5.92 Å². The van der Waals surface area contributed by atoms with Crippen LogP contribution in [0, 0.1) is 5.92 Å². The second kappa shape index (κ2) is 6.76. The van der Waals surface area contributed by atoms with Gasteiger partial charge in [-0.25, -0.2) is 0 Å². The molecule has 0 heterocycles. The number of benzene rings is 1. The molecule has 0 bridgehead atoms. The molecule has 3 atom stereocenters. The monoisotopic (exact) mass is 339 g/mol. The number of hydrogen-bond donors (Lipinski definition) is 1. The van der Waals surface area contributed by atoms with Gasteiger partial charge in [0.1, 0.15) is 0 Å². The van der Waals surface area contributed by atoms with Crippen molar-refractivity contribution in [3.8, 4) is 0 Å². The Kier molecular flexibility index (Phi) is 5.44. The van der Waals surface area contributed by atoms with Crippen LogP contribution in [0.25, 0.3) is 0 Å². The second-order valence-corrected chi connectivity index (χ2v) is 6.44. The van der Waals surface area contributed by atoms with Gasteiger partial charge >= 0.3 is 6.18 Å². The van der Waals surface area contributed by atoms with Gasteiger partial charge in [-0.2, -0.15) is 13.2 Å². The molecule has 0 aliphatic heterocycles. The Morgan fingerprint density at radius 3 is 2.48 bits per heavy atom. The predicted octanol–water partition coefficient (Wildman–Crippen LogP) is 5.77. The molecule has 0 amide bonds. The highest BCUT2D eigenvalue weighted by Gasteiger charge is 2.45. The maximum absolute atomic E-state index is 13.1. The van der Waals surface area contributed by atoms with Crippen LogP contribution in [-0.4, -0.2) is 12.2 Å². The lowest BCUT2D eigenvalue weighted by atomic mass is 9.83. The van der Waals surface area contributed by atoms with Gasteiger partial charge in [-0.05, 0) is 37.5 Å². The summed E-state index contributed by atoms with van der Waals surface area (Å²) < 4.78 is 39.3. The maximum Gasteiger partial charge on any atom is 0.393 e. The molecule has 1 N–H and O–H groups in total. The summed E-state index contributed by atoms with van der Waals surface area (Å²) in [5, 5.41) is 4.09. The first-order valence-electron chi connectivity index (χ1n) is 7.06. The Labute approximate surface area is 132 Å². The molecule has 3 unspecified atom stereocenters. The highest BCUT2D eigenvalue weighted by molar-refractivity contribution is 6.35. The summed E-state index contributed by atoms with van der Waals surface area (Å²) in [4.78, 5) is 0. The largest absolute Gasteiger partial charge is 0.393 e. The SMILES string of the molecule is CC(NC1CCCCC1C(F)(F)F)c1ccc(Cl)cc1Cl. The summed E-state index contributed by atoms with van der Waals surface area (Å²) in [6, 6.07) is 4.26. The van der Waals surface area contributed by atoms with Crippen molar-refractivity contribution in [1.29, 1.82) is 0 Å². The quantitative estimate of drug-likeness (QED) is 0.737. The standard InChI is InChI=1S/C15H18Cl2F3N/c1-9(11-7-6-10(16)8-13(11)17)21-14-5-3-2-4-12(14)15(18,19)20/h6-9,12,14,21H,2-5H2,1H3. The average Bonchev–Trinajstić information content (AvgIpc) is 2.37. The van der Waals surface area contributed by atoms with Crippen LogP contribution >= 0.6 is 23.2 Å². The molecule has 1 aliphatic carbocycles. The van der Waals surface area contributed by atoms with Crippen molar-refractivity contribution < 1.29 is 13.2 Å². The number of alkyl halides is 3. The van der Waals surface area contributed by atoms with E-state index in [4.69, 9.17) is 23.2 Å². The highest BCUT2D eigenvalue weighted by atomic mass is 35.5. The molecular weight excluding hydrogens is 322 g/mol. The van der Waals surface area contributed by atoms with Crippen LogP contribution in [0.3, 0.4) is 0 Å². The Morgan fingerprint density at radius 2 is 1.86 bits per heavy atom. The van der Waals surface area contributed by atoms with Crippen LogP contribution < -0.4 is 5.32 Å². The third kappa shape index (κ3) is 4.27. The summed E-state index contributed by atoms with van der Waals surface area (Å²) in [7, 11) is 0. The molecule has 6 heteroatoms. The maximum atomic E-state index is 13.1. The van der Waals surface area contributed by atoms with Crippen molar-refractivity contribution in [3.63, 3.8) is 0 Å². The van der Waals surface area contributed by atoms with Crippen molar-refractivity contribution in [1.82, 2.24) is 5.32 Å². The minimum absolute atomic E-state index is 0.197. The van der Waals surface area contributed by atoms with E-state index in [9.17, 15) is 13.2 Å². The lowest BCUT2D eigenvalue weighted by Gasteiger charge is -2.35. The minimum atomic E-state index is -4.15. The van der Waals surface area contributed by atoms with Crippen molar-refractivity contribution in [2.45, 2.75) is 50.9 Å². The van der Waals surface area contributed by atoms with E-state index in [1.807, 2.05) is 6.92 Å². The second-order valence-electron chi connectivity index (χ2n) is 5.59. The van der Waals surface area contributed by atoms with E-state index < -0.39 is 18.1 Å². The van der Waals surface area contributed by atoms with Gasteiger partial charge in [0.05, 0.1) is 5.92 Å². The fraction of sp³-hybridized carbons (Fsp3) is 0.600. The number of hydrogen-bond acceptors (Lipinski definition) is 1. The first-order valence-corrected chi connectivity index (χ1v) is 7.82. The molecule has 1 nitrogen and oxygen atoms in total. The third-order valence-electron chi connectivity index (χ3n) is 4.08. The van der Waals surface area contributed by atoms with E-state index in [0.29, 0.717) is 22.9 Å². The van der Waals surface area contributed by atoms with E-state index in [0.717, 1.165) is 12.0 Å². The van der Waals surface area contributed by atoms with Crippen LogP contribution in [0.5, 0.6) is 0 Å². The molecule has 1 aromatic carbocycles. The number of halogens is 5. The lowest BCUT2D eigenvalue weighted by molar-refractivity contribution is -0.189. The van der Waals surface area contributed by atoms with Gasteiger partial charge in [-0.3, -0.25) is 0 Å². The molecule has 118 valence electrons. The van der Waals surface area contributed by atoms with Crippen molar-refractivity contribution in [2.75, 3.05) is 0 Å². The zero-order valence-electron chi connectivity index (χ0n) is 11.7. The molecular formula is C15H18Cl2F3N. The van der Waals surface area contributed by atoms with Gasteiger partial charge in [-0.1, -0.05) is 42.1 Å². The summed E-state index contributed by atoms with van der Waals surface area (Å²) in [5.41, 5.74) is 0.771. The fourth-order valence-corrected chi connectivity index (χ4v) is 3.56. The molecule has 0 radical (unpaired) electrons. The molecule has 1 fully saturated rings. The first kappa shape index (κ1) is 16.9. The Balaban J connectivity index is 2.11. The summed E-state index contributed by atoms with van der Waals surface area (Å²) in [6.45, 7) is 1.83. The molecule has 2 rings (SSSR count). The lowest BCUT2D eigenvalue weighted by Crippen LogP contribution is -2.46. The van der Waals surface area contributed by atoms with Crippen molar-refractivity contribution >= 4 is 23.2 Å². The number of nitrogens with one attached hydrogen (secondary N) is 1. The van der Waals surface area contributed by atoms with Gasteiger partial charge < -0.3 is 5.32 Å².